The van der Waals surface area contributed by atoms with Gasteiger partial charge in [-0.15, -0.1) is 0 Å². The van der Waals surface area contributed by atoms with Crippen molar-refractivity contribution in [2.24, 2.45) is 0 Å². The van der Waals surface area contributed by atoms with Crippen LogP contribution < -0.4 is 4.90 Å². The van der Waals surface area contributed by atoms with Gasteiger partial charge < -0.3 is 4.90 Å². The minimum absolute atomic E-state index is 1.11. The van der Waals surface area contributed by atoms with Gasteiger partial charge in [0, 0.05) is 17.1 Å². The molecule has 7 rings (SSSR count). The Balaban J connectivity index is 1.27. The van der Waals surface area contributed by atoms with Crippen LogP contribution in [-0.2, 0) is 0 Å². The van der Waals surface area contributed by atoms with Gasteiger partial charge in [-0.25, -0.2) is 0 Å². The van der Waals surface area contributed by atoms with Crippen molar-refractivity contribution in [3.8, 4) is 0 Å². The van der Waals surface area contributed by atoms with Crippen LogP contribution in [0, 0.1) is 27.7 Å². The molecular formula is C50H43N. The normalized spacial score (nSPS) is 11.3. The molecule has 0 aromatic heterocycles. The molecule has 0 fully saturated rings. The van der Waals surface area contributed by atoms with Gasteiger partial charge in [0.1, 0.15) is 0 Å². The zero-order valence-electron chi connectivity index (χ0n) is 29.8. The highest BCUT2D eigenvalue weighted by molar-refractivity contribution is 5.93. The fourth-order valence-electron chi connectivity index (χ4n) is 6.68. The van der Waals surface area contributed by atoms with Crippen LogP contribution in [0.3, 0.4) is 0 Å². The molecule has 0 aliphatic rings. The molecule has 0 atom stereocenters. The predicted octanol–water partition coefficient (Wildman–Crippen LogP) is 13.6. The second kappa shape index (κ2) is 15.2. The van der Waals surface area contributed by atoms with Crippen LogP contribution in [0.5, 0.6) is 0 Å². The van der Waals surface area contributed by atoms with E-state index in [9.17, 15) is 0 Å². The summed E-state index contributed by atoms with van der Waals surface area (Å²) in [6, 6.07) is 63.3. The van der Waals surface area contributed by atoms with Crippen molar-refractivity contribution in [3.63, 3.8) is 0 Å². The van der Waals surface area contributed by atoms with E-state index in [0.29, 0.717) is 0 Å². The van der Waals surface area contributed by atoms with Gasteiger partial charge >= 0.3 is 0 Å². The van der Waals surface area contributed by atoms with E-state index < -0.39 is 0 Å². The monoisotopic (exact) mass is 657 g/mol. The molecule has 1 nitrogen and oxygen atoms in total. The van der Waals surface area contributed by atoms with Gasteiger partial charge in [-0.3, -0.25) is 0 Å². The molecule has 7 aromatic rings. The quantitative estimate of drug-likeness (QED) is 0.140. The van der Waals surface area contributed by atoms with Crippen molar-refractivity contribution in [3.05, 3.63) is 232 Å². The van der Waals surface area contributed by atoms with Crippen molar-refractivity contribution in [1.82, 2.24) is 0 Å². The maximum absolute atomic E-state index is 2.37. The first kappa shape index (κ1) is 33.3. The minimum Gasteiger partial charge on any atom is -0.310 e. The molecule has 0 amide bonds. The molecule has 0 aliphatic carbocycles. The molecule has 1 heteroatoms. The van der Waals surface area contributed by atoms with E-state index in [2.05, 4.69) is 221 Å². The summed E-state index contributed by atoms with van der Waals surface area (Å²) < 4.78 is 0. The summed E-state index contributed by atoms with van der Waals surface area (Å²) in [7, 11) is 0. The molecule has 248 valence electrons. The lowest BCUT2D eigenvalue weighted by molar-refractivity contribution is 1.24. The molecular weight excluding hydrogens is 615 g/mol. The second-order valence-corrected chi connectivity index (χ2v) is 13.3. The average molecular weight is 658 g/mol. The summed E-state index contributed by atoms with van der Waals surface area (Å²) in [5.41, 5.74) is 18.1. The van der Waals surface area contributed by atoms with Crippen molar-refractivity contribution >= 4 is 40.4 Å². The summed E-state index contributed by atoms with van der Waals surface area (Å²) in [6.45, 7) is 8.71. The molecule has 51 heavy (non-hydrogen) atoms. The van der Waals surface area contributed by atoms with Gasteiger partial charge in [-0.05, 0) is 131 Å². The molecule has 0 unspecified atom stereocenters. The summed E-state index contributed by atoms with van der Waals surface area (Å²) in [5, 5.41) is 0. The summed E-state index contributed by atoms with van der Waals surface area (Å²) in [5.74, 6) is 0. The Bertz CT molecular complexity index is 2250. The number of hydrogen-bond acceptors (Lipinski definition) is 1. The summed E-state index contributed by atoms with van der Waals surface area (Å²) >= 11 is 0. The van der Waals surface area contributed by atoms with E-state index in [-0.39, 0.29) is 0 Å². The van der Waals surface area contributed by atoms with Crippen LogP contribution in [-0.4, -0.2) is 0 Å². The highest BCUT2D eigenvalue weighted by atomic mass is 15.1. The van der Waals surface area contributed by atoms with Crippen LogP contribution >= 0.6 is 0 Å². The first-order valence-electron chi connectivity index (χ1n) is 17.7. The average Bonchev–Trinajstić information content (AvgIpc) is 3.17. The van der Waals surface area contributed by atoms with Crippen LogP contribution in [0.1, 0.15) is 55.6 Å². The van der Waals surface area contributed by atoms with Crippen molar-refractivity contribution in [2.45, 2.75) is 27.7 Å². The molecule has 0 N–H and O–H groups in total. The number of anilines is 3. The number of rotatable bonds is 9. The molecule has 7 aromatic carbocycles. The maximum Gasteiger partial charge on any atom is 0.0490 e. The van der Waals surface area contributed by atoms with E-state index in [4.69, 9.17) is 0 Å². The lowest BCUT2D eigenvalue weighted by Crippen LogP contribution is -2.11. The Morgan fingerprint density at radius 2 is 0.824 bits per heavy atom. The van der Waals surface area contributed by atoms with Gasteiger partial charge in [-0.1, -0.05) is 151 Å². The molecule has 0 saturated heterocycles. The number of benzene rings is 7. The Labute approximate surface area is 303 Å². The molecule has 0 aliphatic heterocycles. The van der Waals surface area contributed by atoms with E-state index in [0.717, 1.165) is 22.5 Å². The van der Waals surface area contributed by atoms with Crippen LogP contribution in [0.15, 0.2) is 176 Å². The van der Waals surface area contributed by atoms with E-state index in [1.54, 1.807) is 0 Å². The SMILES string of the molecule is Cc1ccc(N(c2ccc(C=C(c3ccccc3)c3ccccc3)cc2)c2ccc(/C=C(\c3ccccc3)c3ccc(C)c(C)c3)cc2)c(C)c1. The van der Waals surface area contributed by atoms with Gasteiger partial charge in [-0.2, -0.15) is 0 Å². The Morgan fingerprint density at radius 3 is 1.25 bits per heavy atom. The lowest BCUT2D eigenvalue weighted by atomic mass is 9.93. The van der Waals surface area contributed by atoms with Gasteiger partial charge in [0.25, 0.3) is 0 Å². The molecule has 0 saturated carbocycles. The summed E-state index contributed by atoms with van der Waals surface area (Å²) in [4.78, 5) is 2.37. The smallest absolute Gasteiger partial charge is 0.0490 e. The Kier molecular flexibility index (Phi) is 9.90. The highest BCUT2D eigenvalue weighted by Gasteiger charge is 2.16. The zero-order chi connectivity index (χ0) is 35.2. The third-order valence-corrected chi connectivity index (χ3v) is 9.59. The van der Waals surface area contributed by atoms with Crippen molar-refractivity contribution < 1.29 is 0 Å². The summed E-state index contributed by atoms with van der Waals surface area (Å²) in [6.07, 6.45) is 4.60. The van der Waals surface area contributed by atoms with Crippen molar-refractivity contribution in [2.75, 3.05) is 4.90 Å². The van der Waals surface area contributed by atoms with Crippen LogP contribution in [0.25, 0.3) is 23.3 Å². The maximum atomic E-state index is 2.37. The predicted molar refractivity (Wildman–Crippen MR) is 220 cm³/mol. The molecule has 0 spiro atoms. The van der Waals surface area contributed by atoms with Gasteiger partial charge in [0.05, 0.1) is 0 Å². The van der Waals surface area contributed by atoms with E-state index in [1.165, 1.54) is 61.3 Å². The topological polar surface area (TPSA) is 3.24 Å². The Hall–Kier alpha value is -6.18. The van der Waals surface area contributed by atoms with E-state index >= 15 is 0 Å². The molecule has 0 bridgehead atoms. The third kappa shape index (κ3) is 7.69. The molecule has 0 radical (unpaired) electrons. The van der Waals surface area contributed by atoms with Gasteiger partial charge in [0.2, 0.25) is 0 Å². The largest absolute Gasteiger partial charge is 0.310 e. The third-order valence-electron chi connectivity index (χ3n) is 9.59. The van der Waals surface area contributed by atoms with Crippen LogP contribution in [0.4, 0.5) is 17.1 Å². The lowest BCUT2D eigenvalue weighted by Gasteiger charge is -2.27. The number of aryl methyl sites for hydroxylation is 4. The van der Waals surface area contributed by atoms with E-state index in [1.807, 2.05) is 0 Å². The standard InChI is InChI=1S/C50H43N/c1-36-20-31-50(39(4)32-36)51(46-27-22-40(23-28-46)34-48(42-14-8-5-9-15-42)43-16-10-6-11-17-43)47-29-24-41(25-30-47)35-49(44-18-12-7-13-19-44)45-26-21-37(2)38(3)33-45/h5-35H,1-4H3/b49-35+. The zero-order valence-corrected chi connectivity index (χ0v) is 29.8. The fraction of sp³-hybridized carbons (Fsp3) is 0.0800. The molecule has 0 heterocycles. The van der Waals surface area contributed by atoms with Gasteiger partial charge in [0.15, 0.2) is 0 Å². The first-order valence-corrected chi connectivity index (χ1v) is 17.7. The Morgan fingerprint density at radius 1 is 0.373 bits per heavy atom. The first-order chi connectivity index (χ1) is 24.9. The number of hydrogen-bond donors (Lipinski definition) is 0. The highest BCUT2D eigenvalue weighted by Crippen LogP contribution is 2.38. The number of nitrogens with zero attached hydrogens (tertiary/aromatic N) is 1. The second-order valence-electron chi connectivity index (χ2n) is 13.3. The fourth-order valence-corrected chi connectivity index (χ4v) is 6.68. The van der Waals surface area contributed by atoms with Crippen molar-refractivity contribution in [1.29, 1.82) is 0 Å². The minimum atomic E-state index is 1.11. The van der Waals surface area contributed by atoms with Crippen LogP contribution in [0.2, 0.25) is 0 Å².